The molecule has 1 aliphatic rings. The zero-order valence-corrected chi connectivity index (χ0v) is 16.3. The molecular formula is C20H28N2O5. The number of amides is 2. The van der Waals surface area contributed by atoms with Crippen LogP contribution in [0.15, 0.2) is 24.3 Å². The highest BCUT2D eigenvalue weighted by atomic mass is 16.5. The second-order valence-electron chi connectivity index (χ2n) is 7.17. The minimum atomic E-state index is -1.06. The Morgan fingerprint density at radius 1 is 1.19 bits per heavy atom. The number of nitrogens with zero attached hydrogens (tertiary/aromatic N) is 2. The summed E-state index contributed by atoms with van der Waals surface area (Å²) in [5.74, 6) is -0.995. The third-order valence-electron chi connectivity index (χ3n) is 5.20. The summed E-state index contributed by atoms with van der Waals surface area (Å²) in [7, 11) is 1.45. The van der Waals surface area contributed by atoms with Crippen molar-refractivity contribution in [2.75, 3.05) is 13.7 Å². The third-order valence-corrected chi connectivity index (χ3v) is 5.20. The van der Waals surface area contributed by atoms with E-state index in [1.165, 1.54) is 18.9 Å². The zero-order valence-electron chi connectivity index (χ0n) is 16.3. The van der Waals surface area contributed by atoms with Gasteiger partial charge in [-0.25, -0.2) is 4.79 Å². The highest BCUT2D eigenvalue weighted by Crippen LogP contribution is 2.23. The van der Waals surface area contributed by atoms with Crippen molar-refractivity contribution in [1.82, 2.24) is 9.80 Å². The average molecular weight is 376 g/mol. The van der Waals surface area contributed by atoms with Gasteiger partial charge in [0.05, 0.1) is 0 Å². The van der Waals surface area contributed by atoms with Crippen molar-refractivity contribution < 1.29 is 24.2 Å². The van der Waals surface area contributed by atoms with E-state index >= 15 is 0 Å². The first kappa shape index (κ1) is 20.7. The zero-order chi connectivity index (χ0) is 20.1. The first-order chi connectivity index (χ1) is 12.7. The smallest absolute Gasteiger partial charge is 0.326 e. The minimum Gasteiger partial charge on any atom is -0.484 e. The Balaban J connectivity index is 1.94. The summed E-state index contributed by atoms with van der Waals surface area (Å²) in [6, 6.07) is 5.89. The molecule has 1 aromatic rings. The number of piperidine rings is 1. The van der Waals surface area contributed by atoms with Crippen molar-refractivity contribution >= 4 is 17.8 Å². The molecule has 0 radical (unpaired) electrons. The molecule has 0 saturated carbocycles. The van der Waals surface area contributed by atoms with Gasteiger partial charge in [0, 0.05) is 24.7 Å². The molecule has 0 bridgehead atoms. The lowest BCUT2D eigenvalue weighted by Crippen LogP contribution is -2.49. The van der Waals surface area contributed by atoms with Crippen molar-refractivity contribution in [3.8, 4) is 5.75 Å². The van der Waals surface area contributed by atoms with Crippen molar-refractivity contribution in [1.29, 1.82) is 0 Å². The Morgan fingerprint density at radius 2 is 1.74 bits per heavy atom. The van der Waals surface area contributed by atoms with Gasteiger partial charge in [-0.05, 0) is 64.3 Å². The average Bonchev–Trinajstić information content (AvgIpc) is 2.64. The number of hydrogen-bond donors (Lipinski definition) is 1. The Hall–Kier alpha value is -2.57. The first-order valence-electron chi connectivity index (χ1n) is 9.26. The van der Waals surface area contributed by atoms with E-state index in [0.717, 1.165) is 19.3 Å². The molecule has 1 saturated heterocycles. The van der Waals surface area contributed by atoms with Gasteiger partial charge >= 0.3 is 5.97 Å². The van der Waals surface area contributed by atoms with E-state index in [-0.39, 0.29) is 30.5 Å². The molecule has 3 atom stereocenters. The van der Waals surface area contributed by atoms with Crippen LogP contribution >= 0.6 is 0 Å². The predicted molar refractivity (Wildman–Crippen MR) is 101 cm³/mol. The van der Waals surface area contributed by atoms with Gasteiger partial charge in [-0.3, -0.25) is 9.59 Å². The fourth-order valence-corrected chi connectivity index (χ4v) is 3.37. The van der Waals surface area contributed by atoms with Crippen molar-refractivity contribution in [3.05, 3.63) is 29.8 Å². The van der Waals surface area contributed by atoms with E-state index in [1.807, 2.05) is 4.90 Å². The summed E-state index contributed by atoms with van der Waals surface area (Å²) >= 11 is 0. The molecule has 7 heteroatoms. The van der Waals surface area contributed by atoms with Gasteiger partial charge in [-0.2, -0.15) is 0 Å². The van der Waals surface area contributed by atoms with Crippen LogP contribution in [0.1, 0.15) is 50.4 Å². The van der Waals surface area contributed by atoms with Crippen LogP contribution in [-0.2, 0) is 9.59 Å². The van der Waals surface area contributed by atoms with Gasteiger partial charge < -0.3 is 19.6 Å². The van der Waals surface area contributed by atoms with E-state index in [0.29, 0.717) is 11.3 Å². The number of rotatable bonds is 6. The van der Waals surface area contributed by atoms with E-state index < -0.39 is 12.0 Å². The Morgan fingerprint density at radius 3 is 2.26 bits per heavy atom. The van der Waals surface area contributed by atoms with Crippen LogP contribution < -0.4 is 4.74 Å². The van der Waals surface area contributed by atoms with E-state index in [1.54, 1.807) is 24.3 Å². The summed E-state index contributed by atoms with van der Waals surface area (Å²) in [5.41, 5.74) is 0.363. The summed E-state index contributed by atoms with van der Waals surface area (Å²) in [5, 5.41) is 9.01. The number of carbonyl (C=O) groups is 3. The normalized spacial score (nSPS) is 20.7. The molecule has 148 valence electrons. The molecule has 7 nitrogen and oxygen atoms in total. The van der Waals surface area contributed by atoms with Crippen LogP contribution in [0, 0.1) is 0 Å². The topological polar surface area (TPSA) is 87.1 Å². The van der Waals surface area contributed by atoms with Gasteiger partial charge in [-0.1, -0.05) is 0 Å². The molecule has 2 rings (SSSR count). The quantitative estimate of drug-likeness (QED) is 0.824. The number of ether oxygens (including phenoxy) is 1. The summed E-state index contributed by atoms with van der Waals surface area (Å²) in [6.45, 7) is 5.52. The van der Waals surface area contributed by atoms with Gasteiger partial charge in [0.15, 0.2) is 6.61 Å². The van der Waals surface area contributed by atoms with Crippen molar-refractivity contribution in [2.24, 2.45) is 0 Å². The van der Waals surface area contributed by atoms with Gasteiger partial charge in [0.25, 0.3) is 11.8 Å². The van der Waals surface area contributed by atoms with Crippen LogP contribution in [0.25, 0.3) is 0 Å². The monoisotopic (exact) mass is 376 g/mol. The van der Waals surface area contributed by atoms with E-state index in [4.69, 9.17) is 9.84 Å². The number of hydrogen-bond acceptors (Lipinski definition) is 4. The molecule has 1 aromatic carbocycles. The number of carbonyl (C=O) groups excluding carboxylic acids is 2. The molecule has 0 aromatic heterocycles. The van der Waals surface area contributed by atoms with Crippen LogP contribution in [0.2, 0.25) is 0 Å². The molecule has 3 unspecified atom stereocenters. The minimum absolute atomic E-state index is 0.0372. The maximum absolute atomic E-state index is 12.5. The van der Waals surface area contributed by atoms with Gasteiger partial charge in [0.2, 0.25) is 0 Å². The lowest BCUT2D eigenvalue weighted by Gasteiger charge is -2.38. The fourth-order valence-electron chi connectivity index (χ4n) is 3.37. The van der Waals surface area contributed by atoms with Crippen LogP contribution in [0.4, 0.5) is 0 Å². The number of likely N-dealkylation sites (N-methyl/N-ethyl adjacent to an activating group) is 1. The molecule has 1 N–H and O–H groups in total. The molecule has 1 fully saturated rings. The highest BCUT2D eigenvalue weighted by molar-refractivity contribution is 5.96. The van der Waals surface area contributed by atoms with Crippen LogP contribution in [-0.4, -0.2) is 64.5 Å². The van der Waals surface area contributed by atoms with Crippen molar-refractivity contribution in [3.63, 3.8) is 0 Å². The largest absolute Gasteiger partial charge is 0.484 e. The molecule has 1 heterocycles. The molecule has 0 aliphatic carbocycles. The number of likely N-dealkylation sites (tertiary alicyclic amines) is 1. The molecule has 0 spiro atoms. The number of aliphatic carboxylic acids is 1. The van der Waals surface area contributed by atoms with Crippen LogP contribution in [0.5, 0.6) is 5.75 Å². The number of carboxylic acids is 1. The van der Waals surface area contributed by atoms with Gasteiger partial charge in [-0.15, -0.1) is 0 Å². The lowest BCUT2D eigenvalue weighted by molar-refractivity contribution is -0.141. The van der Waals surface area contributed by atoms with E-state index in [9.17, 15) is 14.4 Å². The standard InChI is InChI=1S/C20H28N2O5/c1-13-6-5-7-14(2)22(13)18(23)12-27-17-10-8-16(9-11-17)19(24)21(4)15(3)20(25)26/h8-11,13-15H,5-7,12H2,1-4H3,(H,25,26). The Labute approximate surface area is 159 Å². The van der Waals surface area contributed by atoms with Crippen LogP contribution in [0.3, 0.4) is 0 Å². The Bertz CT molecular complexity index is 678. The first-order valence-corrected chi connectivity index (χ1v) is 9.26. The SMILES string of the molecule is CC(C(=O)O)N(C)C(=O)c1ccc(OCC(=O)N2C(C)CCCC2C)cc1. The number of benzene rings is 1. The predicted octanol–water partition coefficient (Wildman–Crippen LogP) is 2.40. The summed E-state index contributed by atoms with van der Waals surface area (Å²) in [6.07, 6.45) is 3.15. The maximum atomic E-state index is 12.5. The van der Waals surface area contributed by atoms with Gasteiger partial charge in [0.1, 0.15) is 11.8 Å². The molecule has 2 amide bonds. The maximum Gasteiger partial charge on any atom is 0.326 e. The Kier molecular flexibility index (Phi) is 6.82. The third kappa shape index (κ3) is 4.99. The molecular weight excluding hydrogens is 348 g/mol. The highest BCUT2D eigenvalue weighted by Gasteiger charge is 2.29. The summed E-state index contributed by atoms with van der Waals surface area (Å²) < 4.78 is 5.59. The fraction of sp³-hybridized carbons (Fsp3) is 0.550. The second-order valence-corrected chi connectivity index (χ2v) is 7.17. The van der Waals surface area contributed by atoms with E-state index in [2.05, 4.69) is 13.8 Å². The second kappa shape index (κ2) is 8.88. The lowest BCUT2D eigenvalue weighted by atomic mass is 9.97. The number of carboxylic acid groups (broad SMARTS) is 1. The van der Waals surface area contributed by atoms with Crippen molar-refractivity contribution in [2.45, 2.75) is 58.2 Å². The molecule has 27 heavy (non-hydrogen) atoms. The molecule has 1 aliphatic heterocycles. The summed E-state index contributed by atoms with van der Waals surface area (Å²) in [4.78, 5) is 38.9.